The van der Waals surface area contributed by atoms with Crippen molar-refractivity contribution in [2.24, 2.45) is 0 Å². The SMILES string of the molecule is CC(C)(C)OC(=O)N1CCN(C(=O)CCCc2cccc(Cl)c2)CC1. The molecule has 1 aromatic rings. The molecule has 1 saturated heterocycles. The number of carbonyl (C=O) groups is 2. The highest BCUT2D eigenvalue weighted by atomic mass is 35.5. The zero-order valence-corrected chi connectivity index (χ0v) is 16.0. The average Bonchev–Trinajstić information content (AvgIpc) is 2.53. The summed E-state index contributed by atoms with van der Waals surface area (Å²) in [5.74, 6) is 0.144. The summed E-state index contributed by atoms with van der Waals surface area (Å²) in [5, 5.41) is 0.724. The molecule has 2 rings (SSSR count). The monoisotopic (exact) mass is 366 g/mol. The first-order chi connectivity index (χ1) is 11.7. The molecular weight excluding hydrogens is 340 g/mol. The molecule has 0 aliphatic carbocycles. The maximum absolute atomic E-state index is 12.3. The van der Waals surface area contributed by atoms with Gasteiger partial charge >= 0.3 is 6.09 Å². The zero-order chi connectivity index (χ0) is 18.4. The van der Waals surface area contributed by atoms with Gasteiger partial charge < -0.3 is 14.5 Å². The van der Waals surface area contributed by atoms with Crippen molar-refractivity contribution >= 4 is 23.6 Å². The smallest absolute Gasteiger partial charge is 0.410 e. The van der Waals surface area contributed by atoms with Crippen LogP contribution in [0.4, 0.5) is 4.79 Å². The number of rotatable bonds is 4. The topological polar surface area (TPSA) is 49.9 Å². The summed E-state index contributed by atoms with van der Waals surface area (Å²) in [6.45, 7) is 7.73. The molecule has 1 aliphatic heterocycles. The number of halogens is 1. The van der Waals surface area contributed by atoms with Crippen LogP contribution in [0.3, 0.4) is 0 Å². The van der Waals surface area contributed by atoms with E-state index in [1.165, 1.54) is 0 Å². The van der Waals surface area contributed by atoms with Gasteiger partial charge in [-0.05, 0) is 51.3 Å². The molecule has 25 heavy (non-hydrogen) atoms. The summed E-state index contributed by atoms with van der Waals surface area (Å²) in [7, 11) is 0. The summed E-state index contributed by atoms with van der Waals surface area (Å²) >= 11 is 5.97. The van der Waals surface area contributed by atoms with E-state index in [0.29, 0.717) is 32.6 Å². The number of hydrogen-bond donors (Lipinski definition) is 0. The van der Waals surface area contributed by atoms with E-state index in [1.807, 2.05) is 49.9 Å². The third-order valence-corrected chi connectivity index (χ3v) is 4.26. The van der Waals surface area contributed by atoms with E-state index in [1.54, 1.807) is 4.90 Å². The highest BCUT2D eigenvalue weighted by Crippen LogP contribution is 2.15. The number of benzene rings is 1. The van der Waals surface area contributed by atoms with Gasteiger partial charge in [0.1, 0.15) is 5.60 Å². The maximum Gasteiger partial charge on any atom is 0.410 e. The van der Waals surface area contributed by atoms with E-state index >= 15 is 0 Å². The Bertz CT molecular complexity index is 605. The van der Waals surface area contributed by atoms with E-state index in [2.05, 4.69) is 0 Å². The van der Waals surface area contributed by atoms with E-state index < -0.39 is 5.60 Å². The molecule has 0 spiro atoms. The molecule has 1 fully saturated rings. The van der Waals surface area contributed by atoms with Crippen LogP contribution in [0.25, 0.3) is 0 Å². The van der Waals surface area contributed by atoms with Crippen LogP contribution in [-0.2, 0) is 16.0 Å². The highest BCUT2D eigenvalue weighted by molar-refractivity contribution is 6.30. The summed E-state index contributed by atoms with van der Waals surface area (Å²) in [5.41, 5.74) is 0.653. The molecule has 1 aliphatic rings. The molecule has 138 valence electrons. The van der Waals surface area contributed by atoms with Crippen molar-refractivity contribution in [2.45, 2.75) is 45.6 Å². The van der Waals surface area contributed by atoms with E-state index in [-0.39, 0.29) is 12.0 Å². The summed E-state index contributed by atoms with van der Waals surface area (Å²) in [6, 6.07) is 7.73. The van der Waals surface area contributed by atoms with Crippen molar-refractivity contribution in [1.82, 2.24) is 9.80 Å². The molecule has 0 saturated carbocycles. The summed E-state index contributed by atoms with van der Waals surface area (Å²) < 4.78 is 5.37. The minimum absolute atomic E-state index is 0.144. The molecule has 0 N–H and O–H groups in total. The summed E-state index contributed by atoms with van der Waals surface area (Å²) in [6.07, 6.45) is 1.84. The molecule has 5 nitrogen and oxygen atoms in total. The van der Waals surface area contributed by atoms with Gasteiger partial charge in [-0.25, -0.2) is 4.79 Å². The van der Waals surface area contributed by atoms with Gasteiger partial charge in [0.2, 0.25) is 5.91 Å². The third kappa shape index (κ3) is 6.58. The van der Waals surface area contributed by atoms with Crippen LogP contribution in [-0.4, -0.2) is 53.6 Å². The van der Waals surface area contributed by atoms with Gasteiger partial charge in [-0.1, -0.05) is 23.7 Å². The normalized spacial score (nSPS) is 15.2. The first-order valence-corrected chi connectivity index (χ1v) is 9.12. The van der Waals surface area contributed by atoms with Gasteiger partial charge in [-0.15, -0.1) is 0 Å². The molecule has 6 heteroatoms. The molecule has 1 aromatic carbocycles. The molecule has 0 bridgehead atoms. The van der Waals surface area contributed by atoms with Crippen molar-refractivity contribution in [3.8, 4) is 0 Å². The second-order valence-electron chi connectivity index (χ2n) is 7.33. The number of nitrogens with zero attached hydrogens (tertiary/aromatic N) is 2. The van der Waals surface area contributed by atoms with E-state index in [0.717, 1.165) is 23.4 Å². The Morgan fingerprint density at radius 3 is 2.36 bits per heavy atom. The fourth-order valence-corrected chi connectivity index (χ4v) is 2.97. The van der Waals surface area contributed by atoms with Crippen LogP contribution in [0.5, 0.6) is 0 Å². The molecule has 2 amide bonds. The lowest BCUT2D eigenvalue weighted by molar-refractivity contribution is -0.133. The third-order valence-electron chi connectivity index (χ3n) is 4.03. The Kier molecular flexibility index (Phi) is 6.71. The van der Waals surface area contributed by atoms with Crippen molar-refractivity contribution in [1.29, 1.82) is 0 Å². The molecule has 1 heterocycles. The van der Waals surface area contributed by atoms with E-state index in [4.69, 9.17) is 16.3 Å². The quantitative estimate of drug-likeness (QED) is 0.815. The maximum atomic E-state index is 12.3. The van der Waals surface area contributed by atoms with Crippen LogP contribution < -0.4 is 0 Å². The lowest BCUT2D eigenvalue weighted by Gasteiger charge is -2.35. The van der Waals surface area contributed by atoms with Crippen LogP contribution in [0.1, 0.15) is 39.2 Å². The first kappa shape index (κ1) is 19.6. The highest BCUT2D eigenvalue weighted by Gasteiger charge is 2.27. The van der Waals surface area contributed by atoms with Gasteiger partial charge in [-0.3, -0.25) is 4.79 Å². The standard InChI is InChI=1S/C19H27ClN2O3/c1-19(2,3)25-18(24)22-12-10-21(11-13-22)17(23)9-5-7-15-6-4-8-16(20)14-15/h4,6,8,14H,5,7,9-13H2,1-3H3. The Labute approximate surface area is 154 Å². The second kappa shape index (κ2) is 8.56. The average molecular weight is 367 g/mol. The fraction of sp³-hybridized carbons (Fsp3) is 0.579. The van der Waals surface area contributed by atoms with Crippen LogP contribution >= 0.6 is 11.6 Å². The van der Waals surface area contributed by atoms with E-state index in [9.17, 15) is 9.59 Å². The Morgan fingerprint density at radius 2 is 1.76 bits per heavy atom. The van der Waals surface area contributed by atoms with Gasteiger partial charge in [0, 0.05) is 37.6 Å². The second-order valence-corrected chi connectivity index (χ2v) is 7.77. The Morgan fingerprint density at radius 1 is 1.12 bits per heavy atom. The van der Waals surface area contributed by atoms with Gasteiger partial charge in [-0.2, -0.15) is 0 Å². The van der Waals surface area contributed by atoms with Gasteiger partial charge in [0.25, 0.3) is 0 Å². The molecule has 0 aromatic heterocycles. The number of ether oxygens (including phenoxy) is 1. The minimum Gasteiger partial charge on any atom is -0.444 e. The van der Waals surface area contributed by atoms with Crippen LogP contribution in [0, 0.1) is 0 Å². The first-order valence-electron chi connectivity index (χ1n) is 8.75. The predicted molar refractivity (Wildman–Crippen MR) is 98.8 cm³/mol. The Hall–Kier alpha value is -1.75. The van der Waals surface area contributed by atoms with Crippen LogP contribution in [0.15, 0.2) is 24.3 Å². The lowest BCUT2D eigenvalue weighted by atomic mass is 10.1. The van der Waals surface area contributed by atoms with Gasteiger partial charge in [0.15, 0.2) is 0 Å². The number of piperazine rings is 1. The van der Waals surface area contributed by atoms with Crippen LogP contribution in [0.2, 0.25) is 5.02 Å². The molecule has 0 radical (unpaired) electrons. The predicted octanol–water partition coefficient (Wildman–Crippen LogP) is 3.74. The van der Waals surface area contributed by atoms with Crippen molar-refractivity contribution < 1.29 is 14.3 Å². The molecule has 0 unspecified atom stereocenters. The Balaban J connectivity index is 1.71. The lowest BCUT2D eigenvalue weighted by Crippen LogP contribution is -2.51. The van der Waals surface area contributed by atoms with Crippen molar-refractivity contribution in [2.75, 3.05) is 26.2 Å². The zero-order valence-electron chi connectivity index (χ0n) is 15.3. The summed E-state index contributed by atoms with van der Waals surface area (Å²) in [4.78, 5) is 27.9. The fourth-order valence-electron chi connectivity index (χ4n) is 2.76. The van der Waals surface area contributed by atoms with Crippen molar-refractivity contribution in [3.05, 3.63) is 34.9 Å². The number of aryl methyl sites for hydroxylation is 1. The number of carbonyl (C=O) groups excluding carboxylic acids is 2. The largest absolute Gasteiger partial charge is 0.444 e. The molecule has 0 atom stereocenters. The molecular formula is C19H27ClN2O3. The number of hydrogen-bond acceptors (Lipinski definition) is 3. The minimum atomic E-state index is -0.496. The van der Waals surface area contributed by atoms with Gasteiger partial charge in [0.05, 0.1) is 0 Å². The van der Waals surface area contributed by atoms with Crippen molar-refractivity contribution in [3.63, 3.8) is 0 Å². The number of amides is 2.